The lowest BCUT2D eigenvalue weighted by Gasteiger charge is -2.17. The molecule has 1 heterocycles. The predicted octanol–water partition coefficient (Wildman–Crippen LogP) is 4.25. The van der Waals surface area contributed by atoms with Gasteiger partial charge in [-0.05, 0) is 60.9 Å². The first kappa shape index (κ1) is 16.3. The summed E-state index contributed by atoms with van der Waals surface area (Å²) in [6.45, 7) is 2.24. The molecule has 2 aromatic rings. The maximum atomic E-state index is 12.3. The van der Waals surface area contributed by atoms with Crippen molar-refractivity contribution in [3.8, 4) is 0 Å². The van der Waals surface area contributed by atoms with E-state index in [1.807, 2.05) is 44.4 Å². The summed E-state index contributed by atoms with van der Waals surface area (Å²) in [5, 5.41) is 0. The molecular weight excluding hydrogens is 296 g/mol. The van der Waals surface area contributed by atoms with E-state index in [-0.39, 0.29) is 5.78 Å². The Morgan fingerprint density at radius 2 is 1.58 bits per heavy atom. The minimum atomic E-state index is 0.0414. The Labute approximate surface area is 144 Å². The van der Waals surface area contributed by atoms with Crippen molar-refractivity contribution < 1.29 is 4.79 Å². The molecule has 24 heavy (non-hydrogen) atoms. The molecular formula is C21H24N2O. The molecule has 2 aromatic carbocycles. The summed E-state index contributed by atoms with van der Waals surface area (Å²) < 4.78 is 0. The van der Waals surface area contributed by atoms with Gasteiger partial charge < -0.3 is 9.80 Å². The van der Waals surface area contributed by atoms with Crippen molar-refractivity contribution in [3.05, 3.63) is 65.7 Å². The monoisotopic (exact) mass is 320 g/mol. The molecule has 0 spiro atoms. The molecule has 3 rings (SSSR count). The Morgan fingerprint density at radius 1 is 0.958 bits per heavy atom. The van der Waals surface area contributed by atoms with Crippen molar-refractivity contribution in [3.63, 3.8) is 0 Å². The molecule has 0 bridgehead atoms. The molecule has 0 N–H and O–H groups in total. The van der Waals surface area contributed by atoms with Gasteiger partial charge in [-0.2, -0.15) is 0 Å². The molecule has 0 saturated carbocycles. The van der Waals surface area contributed by atoms with Crippen molar-refractivity contribution in [1.82, 2.24) is 0 Å². The highest BCUT2D eigenvalue weighted by atomic mass is 16.1. The van der Waals surface area contributed by atoms with Crippen molar-refractivity contribution >= 4 is 23.2 Å². The number of hydrogen-bond acceptors (Lipinski definition) is 3. The lowest BCUT2D eigenvalue weighted by Crippen LogP contribution is -2.17. The van der Waals surface area contributed by atoms with Crippen LogP contribution < -0.4 is 9.80 Å². The van der Waals surface area contributed by atoms with Crippen molar-refractivity contribution in [2.24, 2.45) is 0 Å². The molecule has 3 heteroatoms. The third-order valence-corrected chi connectivity index (χ3v) is 4.46. The molecule has 0 unspecified atom stereocenters. The molecule has 1 aliphatic rings. The highest BCUT2D eigenvalue weighted by molar-refractivity contribution is 6.07. The molecule has 0 amide bonds. The number of allylic oxidation sites excluding steroid dienone is 1. The highest BCUT2D eigenvalue weighted by Crippen LogP contribution is 2.21. The summed E-state index contributed by atoms with van der Waals surface area (Å²) >= 11 is 0. The van der Waals surface area contributed by atoms with Crippen LogP contribution in [0, 0.1) is 0 Å². The van der Waals surface area contributed by atoms with Crippen LogP contribution in [-0.4, -0.2) is 33.0 Å². The Balaban J connectivity index is 1.65. The Hall–Kier alpha value is -2.55. The zero-order chi connectivity index (χ0) is 16.9. The molecule has 1 saturated heterocycles. The fourth-order valence-electron chi connectivity index (χ4n) is 2.96. The van der Waals surface area contributed by atoms with E-state index in [0.29, 0.717) is 0 Å². The van der Waals surface area contributed by atoms with Gasteiger partial charge in [-0.15, -0.1) is 0 Å². The minimum Gasteiger partial charge on any atom is -0.378 e. The Kier molecular flexibility index (Phi) is 4.99. The number of hydrogen-bond donors (Lipinski definition) is 0. The number of carbonyl (C=O) groups excluding carboxylic acids is 1. The zero-order valence-electron chi connectivity index (χ0n) is 14.4. The van der Waals surface area contributed by atoms with Gasteiger partial charge in [0.25, 0.3) is 0 Å². The number of benzene rings is 2. The van der Waals surface area contributed by atoms with Crippen LogP contribution in [0.2, 0.25) is 0 Å². The molecule has 124 valence electrons. The summed E-state index contributed by atoms with van der Waals surface area (Å²) in [5.74, 6) is 0.0414. The Bertz CT molecular complexity index is 709. The SMILES string of the molecule is CN(C)c1ccc(/C=C/C(=O)c2ccc(N3CCCC3)cc2)cc1. The smallest absolute Gasteiger partial charge is 0.185 e. The number of rotatable bonds is 5. The number of ketones is 1. The van der Waals surface area contributed by atoms with E-state index in [1.165, 1.54) is 18.5 Å². The fourth-order valence-corrected chi connectivity index (χ4v) is 2.96. The molecule has 1 aliphatic heterocycles. The molecule has 0 aliphatic carbocycles. The van der Waals surface area contributed by atoms with E-state index in [2.05, 4.69) is 34.1 Å². The third kappa shape index (κ3) is 3.85. The van der Waals surface area contributed by atoms with Crippen LogP contribution in [-0.2, 0) is 0 Å². The van der Waals surface area contributed by atoms with Crippen LogP contribution in [0.15, 0.2) is 54.6 Å². The zero-order valence-corrected chi connectivity index (χ0v) is 14.4. The van der Waals surface area contributed by atoms with Gasteiger partial charge in [0.2, 0.25) is 0 Å². The molecule has 3 nitrogen and oxygen atoms in total. The molecule has 0 aromatic heterocycles. The largest absolute Gasteiger partial charge is 0.378 e. The maximum Gasteiger partial charge on any atom is 0.185 e. The van der Waals surface area contributed by atoms with Crippen molar-refractivity contribution in [2.75, 3.05) is 37.0 Å². The lowest BCUT2D eigenvalue weighted by atomic mass is 10.1. The highest BCUT2D eigenvalue weighted by Gasteiger charge is 2.12. The van der Waals surface area contributed by atoms with Gasteiger partial charge in [-0.25, -0.2) is 0 Å². The van der Waals surface area contributed by atoms with E-state index >= 15 is 0 Å². The summed E-state index contributed by atoms with van der Waals surface area (Å²) in [5.41, 5.74) is 4.13. The summed E-state index contributed by atoms with van der Waals surface area (Å²) in [6, 6.07) is 16.1. The fraction of sp³-hybridized carbons (Fsp3) is 0.286. The van der Waals surface area contributed by atoms with Crippen LogP contribution in [0.1, 0.15) is 28.8 Å². The molecule has 1 fully saturated rings. The summed E-state index contributed by atoms with van der Waals surface area (Å²) in [4.78, 5) is 16.7. The molecule has 0 atom stereocenters. The minimum absolute atomic E-state index is 0.0414. The third-order valence-electron chi connectivity index (χ3n) is 4.46. The van der Waals surface area contributed by atoms with Gasteiger partial charge >= 0.3 is 0 Å². The van der Waals surface area contributed by atoms with Crippen LogP contribution in [0.3, 0.4) is 0 Å². The number of carbonyl (C=O) groups is 1. The van der Waals surface area contributed by atoms with Crippen LogP contribution >= 0.6 is 0 Å². The van der Waals surface area contributed by atoms with Gasteiger partial charge in [-0.1, -0.05) is 18.2 Å². The summed E-state index contributed by atoms with van der Waals surface area (Å²) in [7, 11) is 4.03. The second kappa shape index (κ2) is 7.35. The quantitative estimate of drug-likeness (QED) is 0.608. The van der Waals surface area contributed by atoms with Gasteiger partial charge in [0, 0.05) is 44.1 Å². The molecule has 0 radical (unpaired) electrons. The first-order valence-electron chi connectivity index (χ1n) is 8.48. The van der Waals surface area contributed by atoms with Crippen molar-refractivity contribution in [1.29, 1.82) is 0 Å². The first-order valence-corrected chi connectivity index (χ1v) is 8.48. The van der Waals surface area contributed by atoms with Crippen molar-refractivity contribution in [2.45, 2.75) is 12.8 Å². The van der Waals surface area contributed by atoms with E-state index < -0.39 is 0 Å². The van der Waals surface area contributed by atoms with E-state index in [9.17, 15) is 4.79 Å². The van der Waals surface area contributed by atoms with E-state index in [0.717, 1.165) is 29.9 Å². The first-order chi connectivity index (χ1) is 11.6. The topological polar surface area (TPSA) is 23.6 Å². The van der Waals surface area contributed by atoms with Crippen LogP contribution in [0.4, 0.5) is 11.4 Å². The van der Waals surface area contributed by atoms with Crippen LogP contribution in [0.5, 0.6) is 0 Å². The van der Waals surface area contributed by atoms with Gasteiger partial charge in [0.15, 0.2) is 5.78 Å². The maximum absolute atomic E-state index is 12.3. The van der Waals surface area contributed by atoms with E-state index in [1.54, 1.807) is 6.08 Å². The normalized spacial score (nSPS) is 14.3. The predicted molar refractivity (Wildman–Crippen MR) is 102 cm³/mol. The number of anilines is 2. The Morgan fingerprint density at radius 3 is 2.17 bits per heavy atom. The van der Waals surface area contributed by atoms with Gasteiger partial charge in [-0.3, -0.25) is 4.79 Å². The summed E-state index contributed by atoms with van der Waals surface area (Å²) in [6.07, 6.45) is 6.04. The lowest BCUT2D eigenvalue weighted by molar-refractivity contribution is 0.104. The van der Waals surface area contributed by atoms with Gasteiger partial charge in [0.1, 0.15) is 0 Å². The standard InChI is InChI=1S/C21H24N2O/c1-22(2)19-10-5-17(6-11-19)7-14-21(24)18-8-12-20(13-9-18)23-15-3-4-16-23/h5-14H,3-4,15-16H2,1-2H3/b14-7+. The van der Waals surface area contributed by atoms with Gasteiger partial charge in [0.05, 0.1) is 0 Å². The number of nitrogens with zero attached hydrogens (tertiary/aromatic N) is 2. The van der Waals surface area contributed by atoms with E-state index in [4.69, 9.17) is 0 Å². The average molecular weight is 320 g/mol. The average Bonchev–Trinajstić information content (AvgIpc) is 3.15. The second-order valence-electron chi connectivity index (χ2n) is 6.42. The van der Waals surface area contributed by atoms with Crippen LogP contribution in [0.25, 0.3) is 6.08 Å². The second-order valence-corrected chi connectivity index (χ2v) is 6.42.